The minimum atomic E-state index is -2.88. The molecule has 0 spiro atoms. The van der Waals surface area contributed by atoms with Crippen LogP contribution in [0.4, 0.5) is 14.5 Å². The van der Waals surface area contributed by atoms with Crippen molar-refractivity contribution in [2.45, 2.75) is 13.2 Å². The van der Waals surface area contributed by atoms with Gasteiger partial charge in [-0.2, -0.15) is 8.78 Å². The number of alkyl halides is 2. The summed E-state index contributed by atoms with van der Waals surface area (Å²) < 4.78 is 29.5. The third-order valence-corrected chi connectivity index (χ3v) is 3.32. The number of rotatable bonds is 5. The Labute approximate surface area is 128 Å². The molecule has 0 unspecified atom stereocenters. The first kappa shape index (κ1) is 15.1. The Morgan fingerprint density at radius 3 is 2.65 bits per heavy atom. The molecule has 1 N–H and O–H groups in total. The van der Waals surface area contributed by atoms with Crippen molar-refractivity contribution < 1.29 is 13.5 Å². The summed E-state index contributed by atoms with van der Waals surface area (Å²) in [5.41, 5.74) is 1.82. The number of benzene rings is 2. The van der Waals surface area contributed by atoms with E-state index in [1.807, 2.05) is 24.3 Å². The van der Waals surface area contributed by atoms with Gasteiger partial charge in [-0.05, 0) is 35.9 Å². The van der Waals surface area contributed by atoms with Crippen molar-refractivity contribution in [3.05, 3.63) is 57.5 Å². The number of halogens is 4. The van der Waals surface area contributed by atoms with Gasteiger partial charge in [-0.3, -0.25) is 0 Å². The molecule has 0 aliphatic rings. The largest absolute Gasteiger partial charge is 0.433 e. The van der Waals surface area contributed by atoms with Gasteiger partial charge >= 0.3 is 6.61 Å². The predicted molar refractivity (Wildman–Crippen MR) is 79.6 cm³/mol. The van der Waals surface area contributed by atoms with Crippen LogP contribution in [0, 0.1) is 0 Å². The van der Waals surface area contributed by atoms with E-state index < -0.39 is 6.61 Å². The molecule has 0 saturated heterocycles. The third-order valence-electron chi connectivity index (χ3n) is 2.53. The molecule has 0 fully saturated rings. The molecule has 0 aliphatic carbocycles. The fourth-order valence-corrected chi connectivity index (χ4v) is 2.33. The SMILES string of the molecule is FC(F)Oc1ccc(NCc2cccc(Br)c2)cc1Cl. The molecule has 20 heavy (non-hydrogen) atoms. The highest BCUT2D eigenvalue weighted by atomic mass is 79.9. The summed E-state index contributed by atoms with van der Waals surface area (Å²) >= 11 is 9.27. The highest BCUT2D eigenvalue weighted by Gasteiger charge is 2.08. The van der Waals surface area contributed by atoms with Crippen LogP contribution < -0.4 is 10.1 Å². The topological polar surface area (TPSA) is 21.3 Å². The van der Waals surface area contributed by atoms with Crippen LogP contribution >= 0.6 is 27.5 Å². The van der Waals surface area contributed by atoms with Crippen LogP contribution in [0.5, 0.6) is 5.75 Å². The summed E-state index contributed by atoms with van der Waals surface area (Å²) in [4.78, 5) is 0. The first-order valence-electron chi connectivity index (χ1n) is 5.77. The van der Waals surface area contributed by atoms with E-state index in [4.69, 9.17) is 11.6 Å². The maximum Gasteiger partial charge on any atom is 0.387 e. The molecule has 2 rings (SSSR count). The number of ether oxygens (including phenoxy) is 1. The second-order valence-corrected chi connectivity index (χ2v) is 5.33. The van der Waals surface area contributed by atoms with Gasteiger partial charge in [0.15, 0.2) is 0 Å². The summed E-state index contributed by atoms with van der Waals surface area (Å²) in [6, 6.07) is 12.5. The summed E-state index contributed by atoms with van der Waals surface area (Å²) in [6.07, 6.45) is 0. The normalized spacial score (nSPS) is 10.7. The molecule has 0 atom stereocenters. The van der Waals surface area contributed by atoms with Gasteiger partial charge in [-0.1, -0.05) is 39.7 Å². The van der Waals surface area contributed by atoms with Gasteiger partial charge in [0.1, 0.15) is 5.75 Å². The lowest BCUT2D eigenvalue weighted by molar-refractivity contribution is -0.0497. The molecule has 2 aromatic rings. The van der Waals surface area contributed by atoms with Crippen LogP contribution in [-0.4, -0.2) is 6.61 Å². The summed E-state index contributed by atoms with van der Waals surface area (Å²) in [7, 11) is 0. The minimum Gasteiger partial charge on any atom is -0.433 e. The van der Waals surface area contributed by atoms with Crippen LogP contribution in [0.2, 0.25) is 5.02 Å². The van der Waals surface area contributed by atoms with Crippen LogP contribution in [-0.2, 0) is 6.54 Å². The lowest BCUT2D eigenvalue weighted by atomic mass is 10.2. The Bertz CT molecular complexity index is 595. The fraction of sp³-hybridized carbons (Fsp3) is 0.143. The van der Waals surface area contributed by atoms with Crippen molar-refractivity contribution in [3.8, 4) is 5.75 Å². The van der Waals surface area contributed by atoms with E-state index >= 15 is 0 Å². The maximum atomic E-state index is 12.1. The molecule has 2 nitrogen and oxygen atoms in total. The zero-order chi connectivity index (χ0) is 14.5. The van der Waals surface area contributed by atoms with Crippen LogP contribution in [0.1, 0.15) is 5.56 Å². The first-order chi connectivity index (χ1) is 9.54. The molecular weight excluding hydrogens is 352 g/mol. The highest BCUT2D eigenvalue weighted by molar-refractivity contribution is 9.10. The molecule has 0 saturated carbocycles. The van der Waals surface area contributed by atoms with Crippen molar-refractivity contribution >= 4 is 33.2 Å². The van der Waals surface area contributed by atoms with Gasteiger partial charge in [0, 0.05) is 16.7 Å². The van der Waals surface area contributed by atoms with E-state index in [1.54, 1.807) is 12.1 Å². The molecule has 0 aliphatic heterocycles. The summed E-state index contributed by atoms with van der Waals surface area (Å²) in [5, 5.41) is 3.30. The van der Waals surface area contributed by atoms with Gasteiger partial charge in [-0.15, -0.1) is 0 Å². The Morgan fingerprint density at radius 2 is 2.00 bits per heavy atom. The Morgan fingerprint density at radius 1 is 1.20 bits per heavy atom. The molecule has 106 valence electrons. The van der Waals surface area contributed by atoms with E-state index in [1.165, 1.54) is 6.07 Å². The smallest absolute Gasteiger partial charge is 0.387 e. The zero-order valence-corrected chi connectivity index (χ0v) is 12.6. The maximum absolute atomic E-state index is 12.1. The molecule has 0 aromatic heterocycles. The number of nitrogens with one attached hydrogen (secondary N) is 1. The lowest BCUT2D eigenvalue weighted by Crippen LogP contribution is -2.03. The number of hydrogen-bond donors (Lipinski definition) is 1. The van der Waals surface area contributed by atoms with Crippen molar-refractivity contribution in [1.29, 1.82) is 0 Å². The zero-order valence-electron chi connectivity index (χ0n) is 10.2. The first-order valence-corrected chi connectivity index (χ1v) is 6.94. The number of hydrogen-bond acceptors (Lipinski definition) is 2. The van der Waals surface area contributed by atoms with Gasteiger partial charge in [-0.25, -0.2) is 0 Å². The Hall–Kier alpha value is -1.33. The second kappa shape index (κ2) is 6.90. The van der Waals surface area contributed by atoms with Crippen LogP contribution in [0.3, 0.4) is 0 Å². The third kappa shape index (κ3) is 4.35. The predicted octanol–water partition coefficient (Wildman–Crippen LogP) is 5.32. The molecule has 6 heteroatoms. The van der Waals surface area contributed by atoms with Gasteiger partial charge < -0.3 is 10.1 Å². The standard InChI is InChI=1S/C14H11BrClF2NO/c15-10-3-1-2-9(6-10)8-19-11-4-5-13(12(16)7-11)20-14(17)18/h1-7,14,19H,8H2. The monoisotopic (exact) mass is 361 g/mol. The van der Waals surface area contributed by atoms with Crippen molar-refractivity contribution in [1.82, 2.24) is 0 Å². The Balaban J connectivity index is 2.02. The fourth-order valence-electron chi connectivity index (χ4n) is 1.65. The minimum absolute atomic E-state index is 0.0327. The van der Waals surface area contributed by atoms with E-state index in [0.29, 0.717) is 6.54 Å². The number of anilines is 1. The van der Waals surface area contributed by atoms with E-state index in [9.17, 15) is 8.78 Å². The average molecular weight is 363 g/mol. The van der Waals surface area contributed by atoms with Crippen LogP contribution in [0.15, 0.2) is 46.9 Å². The van der Waals surface area contributed by atoms with Crippen molar-refractivity contribution in [3.63, 3.8) is 0 Å². The molecule has 0 amide bonds. The molecular formula is C14H11BrClF2NO. The molecule has 2 aromatic carbocycles. The van der Waals surface area contributed by atoms with Crippen molar-refractivity contribution in [2.75, 3.05) is 5.32 Å². The average Bonchev–Trinajstić information content (AvgIpc) is 2.39. The quantitative estimate of drug-likeness (QED) is 0.777. The van der Waals surface area contributed by atoms with E-state index in [0.717, 1.165) is 15.7 Å². The molecule has 0 bridgehead atoms. The van der Waals surface area contributed by atoms with Gasteiger partial charge in [0.25, 0.3) is 0 Å². The van der Waals surface area contributed by atoms with Crippen molar-refractivity contribution in [2.24, 2.45) is 0 Å². The van der Waals surface area contributed by atoms with E-state index in [-0.39, 0.29) is 10.8 Å². The highest BCUT2D eigenvalue weighted by Crippen LogP contribution is 2.29. The lowest BCUT2D eigenvalue weighted by Gasteiger charge is -2.10. The van der Waals surface area contributed by atoms with Gasteiger partial charge in [0.05, 0.1) is 5.02 Å². The summed E-state index contributed by atoms with van der Waals surface area (Å²) in [5.74, 6) is -0.0327. The Kier molecular flexibility index (Phi) is 5.20. The van der Waals surface area contributed by atoms with Crippen LogP contribution in [0.25, 0.3) is 0 Å². The molecule has 0 heterocycles. The van der Waals surface area contributed by atoms with Gasteiger partial charge in [0.2, 0.25) is 0 Å². The molecule has 0 radical (unpaired) electrons. The second-order valence-electron chi connectivity index (χ2n) is 4.01. The summed E-state index contributed by atoms with van der Waals surface area (Å²) in [6.45, 7) is -2.28. The van der Waals surface area contributed by atoms with E-state index in [2.05, 4.69) is 26.0 Å².